The second-order valence-corrected chi connectivity index (χ2v) is 7.50. The second-order valence-electron chi connectivity index (χ2n) is 6.59. The van der Waals surface area contributed by atoms with Gasteiger partial charge in [-0.25, -0.2) is 9.82 Å². The van der Waals surface area contributed by atoms with E-state index in [0.717, 1.165) is 4.47 Å². The van der Waals surface area contributed by atoms with Crippen molar-refractivity contribution in [1.82, 2.24) is 15.0 Å². The van der Waals surface area contributed by atoms with Gasteiger partial charge in [0.15, 0.2) is 0 Å². The van der Waals surface area contributed by atoms with E-state index in [-0.39, 0.29) is 35.9 Å². The van der Waals surface area contributed by atoms with Gasteiger partial charge in [-0.15, -0.1) is 12.4 Å². The molecular formula is C20H20BrClFN7O2. The lowest BCUT2D eigenvalue weighted by Crippen LogP contribution is -2.37. The lowest BCUT2D eigenvalue weighted by molar-refractivity contribution is 0.122. The number of hydrogen-bond acceptors (Lipinski definition) is 9. The first-order valence-electron chi connectivity index (χ1n) is 9.46. The first-order chi connectivity index (χ1) is 15.1. The van der Waals surface area contributed by atoms with E-state index in [4.69, 9.17) is 4.74 Å². The van der Waals surface area contributed by atoms with Crippen LogP contribution >= 0.6 is 28.3 Å². The molecule has 0 bridgehead atoms. The topological polar surface area (TPSA) is 108 Å². The van der Waals surface area contributed by atoms with E-state index in [1.807, 2.05) is 4.90 Å². The number of phenols is 1. The zero-order chi connectivity index (χ0) is 21.6. The highest BCUT2D eigenvalue weighted by molar-refractivity contribution is 9.10. The number of nitrogens with one attached hydrogen (secondary N) is 2. The molecule has 1 aliphatic rings. The predicted molar refractivity (Wildman–Crippen MR) is 127 cm³/mol. The molecule has 1 saturated heterocycles. The lowest BCUT2D eigenvalue weighted by Gasteiger charge is -2.27. The highest BCUT2D eigenvalue weighted by Crippen LogP contribution is 2.21. The van der Waals surface area contributed by atoms with Gasteiger partial charge in [0.2, 0.25) is 17.8 Å². The fourth-order valence-corrected chi connectivity index (χ4v) is 3.20. The van der Waals surface area contributed by atoms with Crippen molar-refractivity contribution in [3.05, 3.63) is 58.3 Å². The summed E-state index contributed by atoms with van der Waals surface area (Å²) >= 11 is 3.36. The number of morpholine rings is 1. The van der Waals surface area contributed by atoms with Crippen LogP contribution in [-0.2, 0) is 4.74 Å². The maximum Gasteiger partial charge on any atom is 0.250 e. The number of anilines is 4. The molecule has 4 rings (SSSR count). The number of halogens is 3. The van der Waals surface area contributed by atoms with E-state index in [1.165, 1.54) is 18.3 Å². The summed E-state index contributed by atoms with van der Waals surface area (Å²) in [5, 5.41) is 17.1. The highest BCUT2D eigenvalue weighted by atomic mass is 79.9. The minimum Gasteiger partial charge on any atom is -0.507 e. The lowest BCUT2D eigenvalue weighted by atomic mass is 10.2. The quantitative estimate of drug-likeness (QED) is 0.329. The van der Waals surface area contributed by atoms with Crippen LogP contribution in [0.25, 0.3) is 0 Å². The molecule has 3 N–H and O–H groups in total. The molecular weight excluding hydrogens is 505 g/mol. The molecule has 0 saturated carbocycles. The summed E-state index contributed by atoms with van der Waals surface area (Å²) in [6.07, 6.45) is 1.46. The maximum absolute atomic E-state index is 13.2. The van der Waals surface area contributed by atoms with Crippen molar-refractivity contribution in [1.29, 1.82) is 0 Å². The third-order valence-corrected chi connectivity index (χ3v) is 4.87. The zero-order valence-electron chi connectivity index (χ0n) is 16.7. The van der Waals surface area contributed by atoms with Crippen LogP contribution in [0.5, 0.6) is 5.75 Å². The number of nitrogens with zero attached hydrogens (tertiary/aromatic N) is 5. The Morgan fingerprint density at radius 2 is 1.78 bits per heavy atom. The van der Waals surface area contributed by atoms with Crippen LogP contribution in [0.3, 0.4) is 0 Å². The molecule has 0 radical (unpaired) electrons. The predicted octanol–water partition coefficient (Wildman–Crippen LogP) is 3.93. The molecule has 2 aromatic carbocycles. The SMILES string of the molecule is Cl.Oc1ccc(Br)cc1C=NNc1nc(Nc2ccc(F)cc2)nc(N2CCOCC2)n1. The van der Waals surface area contributed by atoms with Crippen LogP contribution in [0.2, 0.25) is 0 Å². The van der Waals surface area contributed by atoms with Gasteiger partial charge in [0.25, 0.3) is 0 Å². The van der Waals surface area contributed by atoms with Crippen molar-refractivity contribution >= 4 is 58.1 Å². The zero-order valence-corrected chi connectivity index (χ0v) is 19.1. The molecule has 2 heterocycles. The number of phenolic OH excluding ortho intramolecular Hbond substituents is 1. The van der Waals surface area contributed by atoms with Crippen LogP contribution in [0.1, 0.15) is 5.56 Å². The van der Waals surface area contributed by atoms with Crippen LogP contribution in [0.4, 0.5) is 27.9 Å². The average Bonchev–Trinajstić information content (AvgIpc) is 2.78. The number of hydrogen-bond donors (Lipinski definition) is 3. The van der Waals surface area contributed by atoms with Crippen LogP contribution < -0.4 is 15.6 Å². The third-order valence-electron chi connectivity index (χ3n) is 4.38. The minimum atomic E-state index is -0.331. The minimum absolute atomic E-state index is 0. The number of benzene rings is 2. The van der Waals surface area contributed by atoms with Gasteiger partial charge in [0.1, 0.15) is 11.6 Å². The Morgan fingerprint density at radius 1 is 1.06 bits per heavy atom. The summed E-state index contributed by atoms with van der Waals surface area (Å²) in [6.45, 7) is 2.45. The molecule has 0 amide bonds. The Bertz CT molecular complexity index is 1080. The Morgan fingerprint density at radius 3 is 2.53 bits per heavy atom. The van der Waals surface area contributed by atoms with Gasteiger partial charge in [-0.05, 0) is 42.5 Å². The van der Waals surface area contributed by atoms with Crippen molar-refractivity contribution in [3.63, 3.8) is 0 Å². The van der Waals surface area contributed by atoms with Crippen molar-refractivity contribution in [3.8, 4) is 5.75 Å². The smallest absolute Gasteiger partial charge is 0.250 e. The summed E-state index contributed by atoms with van der Waals surface area (Å²) < 4.78 is 19.4. The number of aromatic nitrogens is 3. The summed E-state index contributed by atoms with van der Waals surface area (Å²) in [7, 11) is 0. The Balaban J connectivity index is 0.00000289. The number of ether oxygens (including phenoxy) is 1. The van der Waals surface area contributed by atoms with Gasteiger partial charge in [-0.2, -0.15) is 20.1 Å². The first-order valence-corrected chi connectivity index (χ1v) is 10.2. The number of rotatable bonds is 6. The number of hydrazone groups is 1. The van der Waals surface area contributed by atoms with Crippen LogP contribution in [0, 0.1) is 5.82 Å². The van der Waals surface area contributed by atoms with Gasteiger partial charge >= 0.3 is 0 Å². The van der Waals surface area contributed by atoms with Crippen molar-refractivity contribution in [2.75, 3.05) is 41.9 Å². The normalized spacial score (nSPS) is 13.6. The standard InChI is InChI=1S/C20H19BrFN7O2.ClH/c21-14-1-6-17(30)13(11-14)12-23-28-19-25-18(24-16-4-2-15(22)3-5-16)26-20(27-19)29-7-9-31-10-8-29;/h1-6,11-12,30H,7-10H2,(H2,24,25,26,27,28);1H. The van der Waals surface area contributed by atoms with Crippen molar-refractivity contribution in [2.45, 2.75) is 0 Å². The highest BCUT2D eigenvalue weighted by Gasteiger charge is 2.16. The molecule has 0 atom stereocenters. The monoisotopic (exact) mass is 523 g/mol. The largest absolute Gasteiger partial charge is 0.507 e. The van der Waals surface area contributed by atoms with Gasteiger partial charge in [-0.1, -0.05) is 15.9 Å². The molecule has 9 nitrogen and oxygen atoms in total. The molecule has 1 fully saturated rings. The molecule has 168 valence electrons. The second kappa shape index (κ2) is 11.0. The van der Waals surface area contributed by atoms with Gasteiger partial charge < -0.3 is 20.1 Å². The van der Waals surface area contributed by atoms with Crippen molar-refractivity contribution < 1.29 is 14.2 Å². The Hall–Kier alpha value is -3.02. The maximum atomic E-state index is 13.2. The molecule has 3 aromatic rings. The average molecular weight is 525 g/mol. The fourth-order valence-electron chi connectivity index (χ4n) is 2.83. The molecule has 0 aliphatic carbocycles. The van der Waals surface area contributed by atoms with E-state index >= 15 is 0 Å². The molecule has 1 aromatic heterocycles. The number of aromatic hydroxyl groups is 1. The molecule has 1 aliphatic heterocycles. The van der Waals surface area contributed by atoms with Crippen molar-refractivity contribution in [2.24, 2.45) is 5.10 Å². The Kier molecular flexibility index (Phi) is 8.14. The summed E-state index contributed by atoms with van der Waals surface area (Å²) in [4.78, 5) is 15.2. The van der Waals surface area contributed by atoms with E-state index < -0.39 is 0 Å². The fraction of sp³-hybridized carbons (Fsp3) is 0.200. The van der Waals surface area contributed by atoms with Crippen LogP contribution in [0.15, 0.2) is 52.0 Å². The Labute approximate surface area is 198 Å². The van der Waals surface area contributed by atoms with E-state index in [0.29, 0.717) is 43.5 Å². The summed E-state index contributed by atoms with van der Waals surface area (Å²) in [6, 6.07) is 10.9. The molecule has 32 heavy (non-hydrogen) atoms. The van der Waals surface area contributed by atoms with E-state index in [9.17, 15) is 9.50 Å². The summed E-state index contributed by atoms with van der Waals surface area (Å²) in [5.41, 5.74) is 3.93. The van der Waals surface area contributed by atoms with Gasteiger partial charge in [0.05, 0.1) is 19.4 Å². The van der Waals surface area contributed by atoms with Gasteiger partial charge in [-0.3, -0.25) is 0 Å². The molecule has 0 unspecified atom stereocenters. The van der Waals surface area contributed by atoms with E-state index in [2.05, 4.69) is 46.7 Å². The molecule has 12 heteroatoms. The first kappa shape index (κ1) is 23.6. The van der Waals surface area contributed by atoms with E-state index in [1.54, 1.807) is 30.3 Å². The van der Waals surface area contributed by atoms with Gasteiger partial charge in [0, 0.05) is 28.8 Å². The van der Waals surface area contributed by atoms with Crippen LogP contribution in [-0.4, -0.2) is 52.6 Å². The summed E-state index contributed by atoms with van der Waals surface area (Å²) in [5.74, 6) is 0.726. The molecule has 0 spiro atoms. The third kappa shape index (κ3) is 6.25.